The molecule has 0 aromatic heterocycles. The van der Waals surface area contributed by atoms with Gasteiger partial charge in [0.05, 0.1) is 13.2 Å². The van der Waals surface area contributed by atoms with E-state index < -0.39 is 0 Å². The Morgan fingerprint density at radius 2 is 2.19 bits per heavy atom. The van der Waals surface area contributed by atoms with E-state index in [1.54, 1.807) is 0 Å². The third-order valence-electron chi connectivity index (χ3n) is 2.26. The van der Waals surface area contributed by atoms with Gasteiger partial charge in [0.25, 0.3) is 0 Å². The Hall–Kier alpha value is -0.690. The van der Waals surface area contributed by atoms with Gasteiger partial charge in [-0.1, -0.05) is 11.6 Å². The van der Waals surface area contributed by atoms with Crippen molar-refractivity contribution in [2.45, 2.75) is 13.0 Å². The molecular formula is C10H13ClIN3O. The predicted octanol–water partition coefficient (Wildman–Crippen LogP) is 1.67. The van der Waals surface area contributed by atoms with Crippen molar-refractivity contribution in [3.63, 3.8) is 0 Å². The van der Waals surface area contributed by atoms with Crippen LogP contribution in [-0.2, 0) is 13.0 Å². The molecule has 0 saturated carbocycles. The number of hydrogen-bond donors (Lipinski definition) is 2. The molecule has 16 heavy (non-hydrogen) atoms. The summed E-state index contributed by atoms with van der Waals surface area (Å²) in [6, 6.07) is 3.75. The number of ether oxygens (including phenoxy) is 1. The molecular weight excluding hydrogens is 340 g/mol. The zero-order chi connectivity index (χ0) is 10.8. The number of hydrogen-bond acceptors (Lipinski definition) is 2. The highest BCUT2D eigenvalue weighted by Gasteiger charge is 2.17. The monoisotopic (exact) mass is 353 g/mol. The van der Waals surface area contributed by atoms with Crippen molar-refractivity contribution in [3.05, 3.63) is 28.3 Å². The van der Waals surface area contributed by atoms with Crippen LogP contribution in [0.5, 0.6) is 5.75 Å². The van der Waals surface area contributed by atoms with Gasteiger partial charge in [0.2, 0.25) is 0 Å². The minimum absolute atomic E-state index is 0. The van der Waals surface area contributed by atoms with Crippen LogP contribution in [-0.4, -0.2) is 12.6 Å². The quantitative estimate of drug-likeness (QED) is 0.482. The van der Waals surface area contributed by atoms with E-state index in [-0.39, 0.29) is 29.9 Å². The predicted molar refractivity (Wildman–Crippen MR) is 75.6 cm³/mol. The van der Waals surface area contributed by atoms with E-state index in [1.165, 1.54) is 0 Å². The average molecular weight is 354 g/mol. The number of nitrogens with two attached hydrogens (primary N) is 2. The van der Waals surface area contributed by atoms with Crippen molar-refractivity contribution in [3.8, 4) is 5.75 Å². The molecule has 0 aliphatic carbocycles. The molecule has 0 spiro atoms. The first-order valence-electron chi connectivity index (χ1n) is 4.66. The van der Waals surface area contributed by atoms with Crippen LogP contribution in [0.1, 0.15) is 11.1 Å². The molecule has 0 unspecified atom stereocenters. The Bertz CT molecular complexity index is 419. The number of nitrogens with zero attached hydrogens (tertiary/aromatic N) is 1. The van der Waals surface area contributed by atoms with Crippen LogP contribution >= 0.6 is 35.6 Å². The highest BCUT2D eigenvalue weighted by Crippen LogP contribution is 2.33. The number of guanidine groups is 1. The Balaban J connectivity index is 0.00000128. The van der Waals surface area contributed by atoms with Crippen molar-refractivity contribution in [1.82, 2.24) is 0 Å². The van der Waals surface area contributed by atoms with E-state index in [0.717, 1.165) is 23.3 Å². The Morgan fingerprint density at radius 1 is 1.44 bits per heavy atom. The maximum atomic E-state index is 5.98. The molecule has 4 nitrogen and oxygen atoms in total. The highest BCUT2D eigenvalue weighted by atomic mass is 127. The highest BCUT2D eigenvalue weighted by molar-refractivity contribution is 14.0. The second-order valence-corrected chi connectivity index (χ2v) is 3.83. The van der Waals surface area contributed by atoms with Crippen LogP contribution in [0.3, 0.4) is 0 Å². The summed E-state index contributed by atoms with van der Waals surface area (Å²) in [6.45, 7) is 1.11. The molecule has 0 amide bonds. The Kier molecular flexibility index (Phi) is 4.67. The molecule has 0 radical (unpaired) electrons. The zero-order valence-corrected chi connectivity index (χ0v) is 11.7. The van der Waals surface area contributed by atoms with Gasteiger partial charge < -0.3 is 16.2 Å². The minimum atomic E-state index is 0. The van der Waals surface area contributed by atoms with Gasteiger partial charge in [-0.3, -0.25) is 0 Å². The molecule has 1 aliphatic rings. The molecule has 1 aromatic carbocycles. The fraction of sp³-hybridized carbons (Fsp3) is 0.300. The number of rotatable bonds is 2. The standard InChI is InChI=1S/C10H12ClN3O.HI/c11-8-3-6-1-2-15-9(6)7(4-8)5-14-10(12)13;/h3-4H,1-2,5H2,(H4,12,13,14);1H. The number of halogens is 2. The zero-order valence-electron chi connectivity index (χ0n) is 8.57. The molecule has 0 bridgehead atoms. The van der Waals surface area contributed by atoms with Crippen molar-refractivity contribution in [1.29, 1.82) is 0 Å². The fourth-order valence-electron chi connectivity index (χ4n) is 1.64. The second kappa shape index (κ2) is 5.58. The lowest BCUT2D eigenvalue weighted by Gasteiger charge is -2.06. The molecule has 1 heterocycles. The van der Waals surface area contributed by atoms with Crippen LogP contribution < -0.4 is 16.2 Å². The first-order valence-corrected chi connectivity index (χ1v) is 5.04. The molecule has 88 valence electrons. The van der Waals surface area contributed by atoms with Crippen molar-refractivity contribution in [2.24, 2.45) is 16.5 Å². The Morgan fingerprint density at radius 3 is 2.88 bits per heavy atom. The van der Waals surface area contributed by atoms with Crippen molar-refractivity contribution < 1.29 is 4.74 Å². The van der Waals surface area contributed by atoms with E-state index in [4.69, 9.17) is 27.8 Å². The molecule has 1 aliphatic heterocycles. The third kappa shape index (κ3) is 2.91. The summed E-state index contributed by atoms with van der Waals surface area (Å²) >= 11 is 5.98. The number of benzene rings is 1. The lowest BCUT2D eigenvalue weighted by atomic mass is 10.1. The summed E-state index contributed by atoms with van der Waals surface area (Å²) in [5, 5.41) is 0.694. The van der Waals surface area contributed by atoms with Crippen LogP contribution in [0.15, 0.2) is 17.1 Å². The number of fused-ring (bicyclic) bond motifs is 1. The topological polar surface area (TPSA) is 73.6 Å². The summed E-state index contributed by atoms with van der Waals surface area (Å²) < 4.78 is 5.51. The van der Waals surface area contributed by atoms with Gasteiger partial charge >= 0.3 is 0 Å². The van der Waals surface area contributed by atoms with Crippen LogP contribution in [0.25, 0.3) is 0 Å². The lowest BCUT2D eigenvalue weighted by Crippen LogP contribution is -2.22. The van der Waals surface area contributed by atoms with Gasteiger partial charge in [0, 0.05) is 17.0 Å². The van der Waals surface area contributed by atoms with Gasteiger partial charge in [-0.15, -0.1) is 24.0 Å². The van der Waals surface area contributed by atoms with Gasteiger partial charge in [0.1, 0.15) is 5.75 Å². The van der Waals surface area contributed by atoms with Crippen molar-refractivity contribution in [2.75, 3.05) is 6.61 Å². The van der Waals surface area contributed by atoms with E-state index >= 15 is 0 Å². The molecule has 2 rings (SSSR count). The normalized spacial score (nSPS) is 12.3. The second-order valence-electron chi connectivity index (χ2n) is 3.39. The minimum Gasteiger partial charge on any atom is -0.493 e. The first kappa shape index (κ1) is 13.4. The van der Waals surface area contributed by atoms with Crippen LogP contribution in [0, 0.1) is 0 Å². The van der Waals surface area contributed by atoms with Crippen LogP contribution in [0.4, 0.5) is 0 Å². The van der Waals surface area contributed by atoms with E-state index in [9.17, 15) is 0 Å². The first-order chi connectivity index (χ1) is 7.16. The molecule has 0 fully saturated rings. The fourth-order valence-corrected chi connectivity index (χ4v) is 1.90. The van der Waals surface area contributed by atoms with E-state index in [1.807, 2.05) is 12.1 Å². The summed E-state index contributed by atoms with van der Waals surface area (Å²) in [5.74, 6) is 0.950. The lowest BCUT2D eigenvalue weighted by molar-refractivity contribution is 0.353. The van der Waals surface area contributed by atoms with Gasteiger partial charge in [-0.2, -0.15) is 0 Å². The number of aliphatic imine (C=N–C) groups is 1. The van der Waals surface area contributed by atoms with Crippen molar-refractivity contribution >= 4 is 41.5 Å². The third-order valence-corrected chi connectivity index (χ3v) is 2.48. The molecule has 1 aromatic rings. The van der Waals surface area contributed by atoms with Crippen LogP contribution in [0.2, 0.25) is 5.02 Å². The van der Waals surface area contributed by atoms with Gasteiger partial charge in [-0.25, -0.2) is 4.99 Å². The average Bonchev–Trinajstić information content (AvgIpc) is 2.61. The summed E-state index contributed by atoms with van der Waals surface area (Å²) in [4.78, 5) is 3.95. The molecule has 0 saturated heterocycles. The van der Waals surface area contributed by atoms with Gasteiger partial charge in [-0.05, 0) is 17.7 Å². The summed E-state index contributed by atoms with van der Waals surface area (Å²) in [7, 11) is 0. The maximum Gasteiger partial charge on any atom is 0.186 e. The summed E-state index contributed by atoms with van der Waals surface area (Å²) in [5.41, 5.74) is 12.6. The van der Waals surface area contributed by atoms with Gasteiger partial charge in [0.15, 0.2) is 5.96 Å². The molecule has 0 atom stereocenters. The Labute approximate surface area is 116 Å². The molecule has 4 N–H and O–H groups in total. The maximum absolute atomic E-state index is 5.98. The molecule has 6 heteroatoms. The van der Waals surface area contributed by atoms with E-state index in [2.05, 4.69) is 4.99 Å². The largest absolute Gasteiger partial charge is 0.493 e. The smallest absolute Gasteiger partial charge is 0.186 e. The van der Waals surface area contributed by atoms with E-state index in [0.29, 0.717) is 18.2 Å². The summed E-state index contributed by atoms with van der Waals surface area (Å²) in [6.07, 6.45) is 0.894. The SMILES string of the molecule is I.NC(N)=NCc1cc(Cl)cc2c1OCC2.